The fourth-order valence-corrected chi connectivity index (χ4v) is 5.73. The zero-order valence-electron chi connectivity index (χ0n) is 18.6. The van der Waals surface area contributed by atoms with Gasteiger partial charge in [-0.1, -0.05) is 26.7 Å². The summed E-state index contributed by atoms with van der Waals surface area (Å²) in [5, 5.41) is 10.5. The number of carboxylic acids is 1. The zero-order chi connectivity index (χ0) is 23.8. The highest BCUT2D eigenvalue weighted by molar-refractivity contribution is 7.15. The van der Waals surface area contributed by atoms with E-state index in [1.165, 1.54) is 11.3 Å². The molecule has 6 nitrogen and oxygen atoms in total. The van der Waals surface area contributed by atoms with Crippen molar-refractivity contribution in [2.45, 2.75) is 52.7 Å². The van der Waals surface area contributed by atoms with Crippen LogP contribution in [0, 0.1) is 29.0 Å². The Morgan fingerprint density at radius 3 is 2.73 bits per heavy atom. The third-order valence-electron chi connectivity index (χ3n) is 6.63. The molecule has 2 aromatic rings. The molecule has 0 unspecified atom stereocenters. The molecule has 10 heteroatoms. The number of pyridine rings is 1. The summed E-state index contributed by atoms with van der Waals surface area (Å²) in [6.07, 6.45) is 6.04. The molecule has 33 heavy (non-hydrogen) atoms. The Morgan fingerprint density at radius 1 is 1.33 bits per heavy atom. The number of aliphatic carboxylic acids is 1. The van der Waals surface area contributed by atoms with Gasteiger partial charge in [0.25, 0.3) is 0 Å². The SMILES string of the molecule is CC(C)[C@H]1CN(Cc2cnc(-c3cc(F)cnc3OC(F)F)s2)C[C@](CC2CC2)(C(=O)O)C1. The third kappa shape index (κ3) is 5.66. The smallest absolute Gasteiger partial charge is 0.388 e. The highest BCUT2D eigenvalue weighted by Crippen LogP contribution is 2.47. The van der Waals surface area contributed by atoms with Crippen molar-refractivity contribution in [3.63, 3.8) is 0 Å². The Labute approximate surface area is 194 Å². The Bertz CT molecular complexity index is 998. The molecule has 1 aliphatic heterocycles. The van der Waals surface area contributed by atoms with Crippen LogP contribution < -0.4 is 4.74 Å². The van der Waals surface area contributed by atoms with Crippen molar-refractivity contribution in [1.82, 2.24) is 14.9 Å². The van der Waals surface area contributed by atoms with Crippen molar-refractivity contribution < 1.29 is 27.8 Å². The fourth-order valence-electron chi connectivity index (χ4n) is 4.77. The molecule has 0 radical (unpaired) electrons. The molecule has 0 spiro atoms. The molecule has 0 amide bonds. The molecule has 1 saturated heterocycles. The summed E-state index contributed by atoms with van der Waals surface area (Å²) in [7, 11) is 0. The van der Waals surface area contributed by atoms with Gasteiger partial charge >= 0.3 is 12.6 Å². The van der Waals surface area contributed by atoms with Crippen molar-refractivity contribution in [1.29, 1.82) is 0 Å². The predicted octanol–water partition coefficient (Wildman–Crippen LogP) is 5.29. The number of rotatable bonds is 9. The van der Waals surface area contributed by atoms with E-state index < -0.39 is 23.8 Å². The van der Waals surface area contributed by atoms with Crippen molar-refractivity contribution in [3.8, 4) is 16.5 Å². The predicted molar refractivity (Wildman–Crippen MR) is 118 cm³/mol. The number of likely N-dealkylation sites (tertiary alicyclic amines) is 1. The Morgan fingerprint density at radius 2 is 2.09 bits per heavy atom. The number of thiazole rings is 1. The lowest BCUT2D eigenvalue weighted by Gasteiger charge is -2.45. The number of hydrogen-bond acceptors (Lipinski definition) is 6. The zero-order valence-corrected chi connectivity index (χ0v) is 19.5. The summed E-state index contributed by atoms with van der Waals surface area (Å²) in [5.74, 6) is -0.661. The van der Waals surface area contributed by atoms with Gasteiger partial charge in [-0.2, -0.15) is 8.78 Å². The van der Waals surface area contributed by atoms with Crippen LogP contribution in [0.4, 0.5) is 13.2 Å². The van der Waals surface area contributed by atoms with Crippen LogP contribution >= 0.6 is 11.3 Å². The molecule has 4 rings (SSSR count). The van der Waals surface area contributed by atoms with Gasteiger partial charge in [0, 0.05) is 30.7 Å². The monoisotopic (exact) mass is 483 g/mol. The molecular weight excluding hydrogens is 455 g/mol. The number of hydrogen-bond donors (Lipinski definition) is 1. The standard InChI is InChI=1S/C23H28F3N3O3S/c1-13(2)15-7-23(21(30)31,6-14-3-4-14)12-29(10-15)11-17-9-28-20(33-17)18-5-16(24)8-27-19(18)32-22(25)26/h5,8-9,13-15,22H,3-4,6-7,10-12H2,1-2H3,(H,30,31)/t15-,23-/m1/s1. The van der Waals surface area contributed by atoms with E-state index in [2.05, 4.69) is 33.5 Å². The van der Waals surface area contributed by atoms with E-state index in [0.717, 1.165) is 36.5 Å². The molecule has 3 heterocycles. The van der Waals surface area contributed by atoms with Gasteiger partial charge in [0.2, 0.25) is 5.88 Å². The minimum absolute atomic E-state index is 0.0684. The van der Waals surface area contributed by atoms with Gasteiger partial charge in [-0.05, 0) is 36.7 Å². The van der Waals surface area contributed by atoms with Crippen LogP contribution in [-0.4, -0.2) is 45.6 Å². The number of nitrogens with zero attached hydrogens (tertiary/aromatic N) is 3. The molecule has 2 aliphatic rings. The minimum atomic E-state index is -3.09. The van der Waals surface area contributed by atoms with Gasteiger partial charge in [0.1, 0.15) is 10.8 Å². The molecule has 1 N–H and O–H groups in total. The summed E-state index contributed by atoms with van der Waals surface area (Å²) < 4.78 is 43.7. The number of aromatic nitrogens is 2. The second kappa shape index (κ2) is 9.58. The molecule has 0 aromatic carbocycles. The summed E-state index contributed by atoms with van der Waals surface area (Å²) in [5.41, 5.74) is -0.689. The Kier molecular flexibility index (Phi) is 6.95. The van der Waals surface area contributed by atoms with Gasteiger partial charge in [0.05, 0.1) is 17.2 Å². The average molecular weight is 484 g/mol. The van der Waals surface area contributed by atoms with Crippen LogP contribution in [0.25, 0.3) is 10.6 Å². The van der Waals surface area contributed by atoms with Gasteiger partial charge in [-0.3, -0.25) is 9.69 Å². The van der Waals surface area contributed by atoms with Crippen LogP contribution in [-0.2, 0) is 11.3 Å². The molecular formula is C23H28F3N3O3S. The topological polar surface area (TPSA) is 75.5 Å². The van der Waals surface area contributed by atoms with Crippen LogP contribution in [0.3, 0.4) is 0 Å². The van der Waals surface area contributed by atoms with E-state index >= 15 is 0 Å². The van der Waals surface area contributed by atoms with Crippen LogP contribution in [0.15, 0.2) is 18.5 Å². The number of halogens is 3. The van der Waals surface area contributed by atoms with E-state index in [1.807, 2.05) is 0 Å². The van der Waals surface area contributed by atoms with Gasteiger partial charge in [0.15, 0.2) is 0 Å². The number of piperidine rings is 1. The van der Waals surface area contributed by atoms with Crippen LogP contribution in [0.2, 0.25) is 0 Å². The molecule has 180 valence electrons. The Balaban J connectivity index is 1.56. The molecule has 2 atom stereocenters. The van der Waals surface area contributed by atoms with E-state index in [0.29, 0.717) is 42.8 Å². The lowest BCUT2D eigenvalue weighted by Crippen LogP contribution is -2.52. The first kappa shape index (κ1) is 23.9. The molecule has 1 aliphatic carbocycles. The molecule has 0 bridgehead atoms. The lowest BCUT2D eigenvalue weighted by atomic mass is 9.69. The highest BCUT2D eigenvalue weighted by Gasteiger charge is 2.49. The second-order valence-electron chi connectivity index (χ2n) is 9.63. The summed E-state index contributed by atoms with van der Waals surface area (Å²) in [6.45, 7) is 2.92. The summed E-state index contributed by atoms with van der Waals surface area (Å²) >= 11 is 1.24. The number of ether oxygens (including phenoxy) is 1. The fraction of sp³-hybridized carbons (Fsp3) is 0.609. The van der Waals surface area contributed by atoms with Crippen molar-refractivity contribution in [2.24, 2.45) is 23.2 Å². The number of alkyl halides is 2. The first-order valence-corrected chi connectivity index (χ1v) is 12.0. The van der Waals surface area contributed by atoms with Gasteiger partial charge < -0.3 is 9.84 Å². The maximum atomic E-state index is 13.7. The average Bonchev–Trinajstić information content (AvgIpc) is 3.43. The molecule has 2 fully saturated rings. The van der Waals surface area contributed by atoms with Gasteiger partial charge in [-0.25, -0.2) is 14.4 Å². The number of carbonyl (C=O) groups is 1. The van der Waals surface area contributed by atoms with E-state index in [1.54, 1.807) is 6.20 Å². The van der Waals surface area contributed by atoms with Crippen LogP contribution in [0.1, 0.15) is 44.4 Å². The van der Waals surface area contributed by atoms with Crippen molar-refractivity contribution in [2.75, 3.05) is 13.1 Å². The second-order valence-corrected chi connectivity index (χ2v) is 10.7. The largest absolute Gasteiger partial charge is 0.481 e. The molecule has 1 saturated carbocycles. The first-order chi connectivity index (χ1) is 15.6. The molecule has 2 aromatic heterocycles. The van der Waals surface area contributed by atoms with Gasteiger partial charge in [-0.15, -0.1) is 11.3 Å². The Hall–Kier alpha value is -2.20. The van der Waals surface area contributed by atoms with E-state index in [4.69, 9.17) is 0 Å². The summed E-state index contributed by atoms with van der Waals surface area (Å²) in [4.78, 5) is 23.3. The van der Waals surface area contributed by atoms with E-state index in [9.17, 15) is 23.1 Å². The lowest BCUT2D eigenvalue weighted by molar-refractivity contribution is -0.156. The maximum Gasteiger partial charge on any atom is 0.388 e. The highest BCUT2D eigenvalue weighted by atomic mass is 32.1. The first-order valence-electron chi connectivity index (χ1n) is 11.2. The van der Waals surface area contributed by atoms with Crippen molar-refractivity contribution in [3.05, 3.63) is 29.2 Å². The summed E-state index contributed by atoms with van der Waals surface area (Å²) in [6, 6.07) is 1.08. The van der Waals surface area contributed by atoms with Crippen molar-refractivity contribution >= 4 is 17.3 Å². The quantitative estimate of drug-likeness (QED) is 0.522. The normalized spacial score (nSPS) is 23.9. The minimum Gasteiger partial charge on any atom is -0.481 e. The van der Waals surface area contributed by atoms with E-state index in [-0.39, 0.29) is 17.4 Å². The maximum absolute atomic E-state index is 13.7. The van der Waals surface area contributed by atoms with Crippen LogP contribution in [0.5, 0.6) is 5.88 Å². The third-order valence-corrected chi connectivity index (χ3v) is 7.64. The number of carboxylic acid groups (broad SMARTS) is 1.